The Balaban J connectivity index is 0.851. The highest BCUT2D eigenvalue weighted by atomic mass is 16.5. The molecule has 59 heavy (non-hydrogen) atoms. The first-order valence-corrected chi connectivity index (χ1v) is 20.9. The number of fused-ring (bicyclic) bond motifs is 2. The molecule has 1 aromatic carbocycles. The predicted molar refractivity (Wildman–Crippen MR) is 226 cm³/mol. The fraction of sp³-hybridized carbons (Fsp3) is 0.455. The Bertz CT molecular complexity index is 2370. The van der Waals surface area contributed by atoms with Gasteiger partial charge in [0.1, 0.15) is 17.2 Å². The Labute approximate surface area is 344 Å². The molecule has 4 aliphatic rings. The highest BCUT2D eigenvalue weighted by Gasteiger charge is 2.34. The minimum atomic E-state index is -0.342. The number of aromatic nitrogens is 5. The number of imide groups is 1. The minimum Gasteiger partial charge on any atom is -0.495 e. The maximum atomic E-state index is 12.6. The normalized spacial score (nSPS) is 18.3. The van der Waals surface area contributed by atoms with Crippen LogP contribution in [0.5, 0.6) is 5.75 Å². The topological polar surface area (TPSA) is 137 Å². The van der Waals surface area contributed by atoms with Crippen LogP contribution in [-0.2, 0) is 22.6 Å². The van der Waals surface area contributed by atoms with Gasteiger partial charge in [0.05, 0.1) is 31.6 Å². The van der Waals surface area contributed by atoms with Crippen molar-refractivity contribution in [1.29, 1.82) is 0 Å². The Kier molecular flexibility index (Phi) is 10.5. The first kappa shape index (κ1) is 38.6. The van der Waals surface area contributed by atoms with E-state index in [2.05, 4.69) is 48.7 Å². The molecule has 4 aromatic heterocycles. The molecule has 4 aliphatic heterocycles. The molecule has 9 rings (SSSR count). The van der Waals surface area contributed by atoms with Gasteiger partial charge in [-0.1, -0.05) is 6.07 Å². The van der Waals surface area contributed by atoms with Gasteiger partial charge in [-0.15, -0.1) is 0 Å². The monoisotopic (exact) mass is 799 g/mol. The number of rotatable bonds is 9. The summed E-state index contributed by atoms with van der Waals surface area (Å²) in [4.78, 5) is 57.0. The van der Waals surface area contributed by atoms with Gasteiger partial charge >= 0.3 is 6.03 Å². The van der Waals surface area contributed by atoms with Gasteiger partial charge in [-0.25, -0.2) is 14.8 Å². The highest BCUT2D eigenvalue weighted by Crippen LogP contribution is 2.38. The summed E-state index contributed by atoms with van der Waals surface area (Å²) >= 11 is 0. The van der Waals surface area contributed by atoms with E-state index in [0.717, 1.165) is 116 Å². The third-order valence-electron chi connectivity index (χ3n) is 12.9. The molecule has 0 atom stereocenters. The number of urea groups is 1. The molecule has 0 spiro atoms. The highest BCUT2D eigenvalue weighted by molar-refractivity contribution is 6.06. The van der Waals surface area contributed by atoms with E-state index < -0.39 is 0 Å². The zero-order valence-electron chi connectivity index (χ0n) is 34.4. The smallest absolute Gasteiger partial charge is 0.328 e. The summed E-state index contributed by atoms with van der Waals surface area (Å²) in [6.07, 6.45) is 12.9. The van der Waals surface area contributed by atoms with E-state index in [9.17, 15) is 14.4 Å². The quantitative estimate of drug-likeness (QED) is 0.201. The molecular weight excluding hydrogens is 747 g/mol. The summed E-state index contributed by atoms with van der Waals surface area (Å²) in [5, 5.41) is 7.77. The van der Waals surface area contributed by atoms with E-state index in [-0.39, 0.29) is 17.8 Å². The molecule has 0 radical (unpaired) electrons. The molecule has 0 aliphatic carbocycles. The van der Waals surface area contributed by atoms with Crippen molar-refractivity contribution in [3.05, 3.63) is 78.0 Å². The van der Waals surface area contributed by atoms with E-state index in [4.69, 9.17) is 14.8 Å². The molecular formula is C44H53N11O4. The van der Waals surface area contributed by atoms with Crippen LogP contribution < -0.4 is 24.8 Å². The number of anilines is 4. The molecule has 1 N–H and O–H groups in total. The molecule has 0 bridgehead atoms. The second-order valence-electron chi connectivity index (χ2n) is 16.4. The number of imidazole rings is 1. The number of carbonyl (C=O) groups excluding carboxylic acids is 3. The molecule has 0 unspecified atom stereocenters. The third kappa shape index (κ3) is 7.47. The van der Waals surface area contributed by atoms with Gasteiger partial charge in [0, 0.05) is 119 Å². The maximum absolute atomic E-state index is 12.6. The summed E-state index contributed by atoms with van der Waals surface area (Å²) < 4.78 is 9.94. The molecule has 15 nitrogen and oxygen atoms in total. The van der Waals surface area contributed by atoms with Gasteiger partial charge < -0.3 is 28.7 Å². The number of ether oxygens (including phenoxy) is 1. The number of nitrogens with one attached hydrogen (secondary N) is 1. The molecule has 308 valence electrons. The number of nitrogens with zero attached hydrogens (tertiary/aromatic N) is 10. The second kappa shape index (κ2) is 16.0. The van der Waals surface area contributed by atoms with Crippen LogP contribution >= 0.6 is 0 Å². The number of hydrogen-bond acceptors (Lipinski definition) is 10. The van der Waals surface area contributed by atoms with Gasteiger partial charge in [0.2, 0.25) is 11.8 Å². The van der Waals surface area contributed by atoms with Gasteiger partial charge in [-0.2, -0.15) is 5.10 Å². The number of likely N-dealkylation sites (tertiary alicyclic amines) is 1. The summed E-state index contributed by atoms with van der Waals surface area (Å²) in [6.45, 7) is 10.5. The molecule has 0 saturated carbocycles. The van der Waals surface area contributed by atoms with Crippen molar-refractivity contribution in [3.63, 3.8) is 0 Å². The van der Waals surface area contributed by atoms with Crippen molar-refractivity contribution >= 4 is 46.5 Å². The van der Waals surface area contributed by atoms with E-state index in [1.54, 1.807) is 25.1 Å². The zero-order chi connectivity index (χ0) is 40.8. The molecule has 15 heteroatoms. The lowest BCUT2D eigenvalue weighted by molar-refractivity contribution is -0.129. The van der Waals surface area contributed by atoms with E-state index in [1.807, 2.05) is 59.2 Å². The zero-order valence-corrected chi connectivity index (χ0v) is 34.4. The van der Waals surface area contributed by atoms with Crippen molar-refractivity contribution < 1.29 is 19.1 Å². The largest absolute Gasteiger partial charge is 0.495 e. The van der Waals surface area contributed by atoms with Gasteiger partial charge in [-0.3, -0.25) is 24.5 Å². The van der Waals surface area contributed by atoms with Crippen LogP contribution in [0.4, 0.5) is 27.8 Å². The first-order valence-electron chi connectivity index (χ1n) is 20.9. The number of carbonyl (C=O) groups is 3. The van der Waals surface area contributed by atoms with Crippen LogP contribution in [0.2, 0.25) is 0 Å². The van der Waals surface area contributed by atoms with Crippen LogP contribution in [0, 0.1) is 12.8 Å². The Morgan fingerprint density at radius 2 is 1.76 bits per heavy atom. The van der Waals surface area contributed by atoms with Gasteiger partial charge in [0.25, 0.3) is 0 Å². The van der Waals surface area contributed by atoms with E-state index in [0.29, 0.717) is 38.0 Å². The van der Waals surface area contributed by atoms with Crippen LogP contribution in [0.1, 0.15) is 61.9 Å². The minimum absolute atomic E-state index is 0.0795. The van der Waals surface area contributed by atoms with E-state index >= 15 is 0 Å². The molecule has 4 amide bonds. The predicted octanol–water partition coefficient (Wildman–Crippen LogP) is 5.58. The Morgan fingerprint density at radius 3 is 2.49 bits per heavy atom. The summed E-state index contributed by atoms with van der Waals surface area (Å²) in [6, 6.07) is 12.2. The fourth-order valence-corrected chi connectivity index (χ4v) is 9.56. The van der Waals surface area contributed by atoms with Crippen LogP contribution in [0.25, 0.3) is 16.8 Å². The average molecular weight is 800 g/mol. The van der Waals surface area contributed by atoms with Crippen molar-refractivity contribution in [3.8, 4) is 16.9 Å². The lowest BCUT2D eigenvalue weighted by Crippen LogP contribution is -2.50. The number of piperidine rings is 2. The number of amides is 4. The fourth-order valence-electron chi connectivity index (χ4n) is 9.56. The molecule has 5 aromatic rings. The maximum Gasteiger partial charge on any atom is 0.328 e. The van der Waals surface area contributed by atoms with Crippen molar-refractivity contribution in [2.75, 3.05) is 74.7 Å². The number of pyridine rings is 2. The van der Waals surface area contributed by atoms with Crippen molar-refractivity contribution in [2.45, 2.75) is 65.0 Å². The van der Waals surface area contributed by atoms with Gasteiger partial charge in [0.15, 0.2) is 5.82 Å². The number of benzene rings is 1. The summed E-state index contributed by atoms with van der Waals surface area (Å²) in [5.41, 5.74) is 8.16. The average Bonchev–Trinajstić information content (AvgIpc) is 3.88. The Morgan fingerprint density at radius 1 is 0.966 bits per heavy atom. The third-order valence-corrected chi connectivity index (χ3v) is 12.9. The number of methoxy groups -OCH3 is 1. The van der Waals surface area contributed by atoms with Crippen LogP contribution in [0.3, 0.4) is 0 Å². The first-order chi connectivity index (χ1) is 28.6. The molecule has 8 heterocycles. The van der Waals surface area contributed by atoms with Crippen LogP contribution in [0.15, 0.2) is 61.2 Å². The Hall–Kier alpha value is -5.96. The summed E-state index contributed by atoms with van der Waals surface area (Å²) in [5.74, 6) is 2.87. The molecule has 3 saturated heterocycles. The summed E-state index contributed by atoms with van der Waals surface area (Å²) in [7, 11) is 3.69. The standard InChI is InChI=1S/C44H53N11O4/c1-29-36(6-5-7-37(29)54-22-15-42(57)47-44(54)58)51-19-10-31(11-20-51)26-50-17-12-33(13-18-50)55-38-14-21-52(30(2)56)27-35(38)43(48-55)49(3)40-9-8-32(25-46-40)34-24-41-45-16-23-53(41)28-39(34)59-4/h5-9,16,23-25,28,31,33H,10-15,17-22,26-27H2,1-4H3,(H,47,57,58). The number of hydrogen-bond donors (Lipinski definition) is 1. The second-order valence-corrected chi connectivity index (χ2v) is 16.4. The SMILES string of the molecule is COc1cn2ccnc2cc1-c1ccc(N(C)c2nn(C3CCN(CC4CCN(c5cccc(N6CCC(=O)NC6=O)c5C)CC4)CC3)c3c2CN(C(C)=O)CC3)nc1. The lowest BCUT2D eigenvalue weighted by Gasteiger charge is -2.39. The lowest BCUT2D eigenvalue weighted by atomic mass is 9.93. The van der Waals surface area contributed by atoms with Gasteiger partial charge in [-0.05, 0) is 74.4 Å². The van der Waals surface area contributed by atoms with Crippen LogP contribution in [-0.4, -0.2) is 112 Å². The van der Waals surface area contributed by atoms with E-state index in [1.165, 1.54) is 11.4 Å². The van der Waals surface area contributed by atoms with Crippen molar-refractivity contribution in [2.24, 2.45) is 5.92 Å². The van der Waals surface area contributed by atoms with Crippen molar-refractivity contribution in [1.82, 2.24) is 39.3 Å². The molecule has 3 fully saturated rings.